The Labute approximate surface area is 113 Å². The van der Waals surface area contributed by atoms with Gasteiger partial charge < -0.3 is 15.5 Å². The Balaban J connectivity index is 1.82. The molecule has 0 aromatic heterocycles. The van der Waals surface area contributed by atoms with Gasteiger partial charge in [-0.2, -0.15) is 0 Å². The summed E-state index contributed by atoms with van der Waals surface area (Å²) >= 11 is 0. The third kappa shape index (κ3) is 3.47. The second kappa shape index (κ2) is 6.22. The van der Waals surface area contributed by atoms with Crippen molar-refractivity contribution in [3.63, 3.8) is 0 Å². The lowest BCUT2D eigenvalue weighted by Gasteiger charge is -2.32. The van der Waals surface area contributed by atoms with Gasteiger partial charge >= 0.3 is 0 Å². The Morgan fingerprint density at radius 2 is 1.89 bits per heavy atom. The molecule has 0 radical (unpaired) electrons. The zero-order valence-electron chi connectivity index (χ0n) is 10.9. The molecule has 2 N–H and O–H groups in total. The van der Waals surface area contributed by atoms with Crippen molar-refractivity contribution >= 4 is 18.0 Å². The van der Waals surface area contributed by atoms with E-state index in [1.165, 1.54) is 0 Å². The number of nitrogens with two attached hydrogens (primary N) is 1. The highest BCUT2D eigenvalue weighted by Crippen LogP contribution is 2.13. The van der Waals surface area contributed by atoms with Crippen LogP contribution >= 0.6 is 0 Å². The molecule has 0 atom stereocenters. The number of carbonyl (C=O) groups is 2. The lowest BCUT2D eigenvalue weighted by molar-refractivity contribution is -0.135. The van der Waals surface area contributed by atoms with Gasteiger partial charge in [-0.1, -0.05) is 18.2 Å². The molecule has 1 aliphatic heterocycles. The van der Waals surface area contributed by atoms with E-state index >= 15 is 0 Å². The number of carbonyl (C=O) groups excluding carboxylic acids is 2. The second-order valence-corrected chi connectivity index (χ2v) is 4.72. The van der Waals surface area contributed by atoms with E-state index in [9.17, 15) is 9.59 Å². The van der Waals surface area contributed by atoms with Crippen LogP contribution in [-0.2, 0) is 16.0 Å². The molecule has 1 heterocycles. The summed E-state index contributed by atoms with van der Waals surface area (Å²) in [5.41, 5.74) is 7.60. The number of nitrogens with zero attached hydrogens (tertiary/aromatic N) is 2. The Morgan fingerprint density at radius 1 is 1.21 bits per heavy atom. The highest BCUT2D eigenvalue weighted by molar-refractivity contribution is 5.77. The van der Waals surface area contributed by atoms with E-state index in [0.717, 1.165) is 17.7 Å². The van der Waals surface area contributed by atoms with Gasteiger partial charge in [0, 0.05) is 38.3 Å². The summed E-state index contributed by atoms with van der Waals surface area (Å²) in [6.45, 7) is 2.51. The number of aryl methyl sites for hydroxylation is 1. The van der Waals surface area contributed by atoms with Crippen LogP contribution in [0.25, 0.3) is 0 Å². The highest BCUT2D eigenvalue weighted by atomic mass is 16.2. The maximum absolute atomic E-state index is 12.1. The molecule has 19 heavy (non-hydrogen) atoms. The number of para-hydroxylation sites is 1. The summed E-state index contributed by atoms with van der Waals surface area (Å²) in [4.78, 5) is 26.2. The van der Waals surface area contributed by atoms with E-state index in [0.29, 0.717) is 39.0 Å². The molecule has 1 aromatic carbocycles. The van der Waals surface area contributed by atoms with Crippen LogP contribution in [0.15, 0.2) is 24.3 Å². The van der Waals surface area contributed by atoms with Gasteiger partial charge in [0.25, 0.3) is 0 Å². The average Bonchev–Trinajstić information content (AvgIpc) is 2.46. The van der Waals surface area contributed by atoms with Crippen LogP contribution in [-0.4, -0.2) is 48.3 Å². The fourth-order valence-corrected chi connectivity index (χ4v) is 2.24. The lowest BCUT2D eigenvalue weighted by atomic mass is 10.1. The molecular formula is C14H19N3O2. The monoisotopic (exact) mass is 261 g/mol. The maximum Gasteiger partial charge on any atom is 0.223 e. The molecule has 2 amide bonds. The van der Waals surface area contributed by atoms with Crippen LogP contribution in [0.2, 0.25) is 0 Å². The minimum absolute atomic E-state index is 0.133. The first-order valence-corrected chi connectivity index (χ1v) is 6.51. The molecule has 0 aliphatic carbocycles. The number of benzene rings is 1. The van der Waals surface area contributed by atoms with Gasteiger partial charge in [0.2, 0.25) is 12.3 Å². The number of piperazine rings is 1. The van der Waals surface area contributed by atoms with Crippen molar-refractivity contribution in [2.45, 2.75) is 12.8 Å². The van der Waals surface area contributed by atoms with Gasteiger partial charge in [0.1, 0.15) is 0 Å². The smallest absolute Gasteiger partial charge is 0.223 e. The number of nitrogen functional groups attached to an aromatic ring is 1. The number of hydrogen-bond donors (Lipinski definition) is 1. The van der Waals surface area contributed by atoms with Crippen molar-refractivity contribution in [2.24, 2.45) is 0 Å². The molecule has 1 fully saturated rings. The maximum atomic E-state index is 12.1. The molecule has 0 bridgehead atoms. The fourth-order valence-electron chi connectivity index (χ4n) is 2.24. The third-order valence-corrected chi connectivity index (χ3v) is 3.48. The van der Waals surface area contributed by atoms with E-state index in [1.54, 1.807) is 4.90 Å². The molecule has 2 rings (SSSR count). The van der Waals surface area contributed by atoms with E-state index in [1.807, 2.05) is 29.2 Å². The number of hydrogen-bond acceptors (Lipinski definition) is 3. The van der Waals surface area contributed by atoms with Gasteiger partial charge in [-0.15, -0.1) is 0 Å². The molecule has 1 saturated heterocycles. The fraction of sp³-hybridized carbons (Fsp3) is 0.429. The molecule has 1 aromatic rings. The van der Waals surface area contributed by atoms with Crippen LogP contribution in [0.1, 0.15) is 12.0 Å². The van der Waals surface area contributed by atoms with Crippen LogP contribution in [0.4, 0.5) is 5.69 Å². The zero-order valence-corrected chi connectivity index (χ0v) is 10.9. The van der Waals surface area contributed by atoms with Crippen molar-refractivity contribution < 1.29 is 9.59 Å². The molecule has 5 heteroatoms. The molecule has 0 unspecified atom stereocenters. The number of rotatable bonds is 4. The largest absolute Gasteiger partial charge is 0.399 e. The minimum atomic E-state index is 0.133. The first-order chi connectivity index (χ1) is 9.20. The van der Waals surface area contributed by atoms with Gasteiger partial charge in [0.15, 0.2) is 0 Å². The van der Waals surface area contributed by atoms with Crippen LogP contribution < -0.4 is 5.73 Å². The van der Waals surface area contributed by atoms with Crippen molar-refractivity contribution in [2.75, 3.05) is 31.9 Å². The minimum Gasteiger partial charge on any atom is -0.399 e. The second-order valence-electron chi connectivity index (χ2n) is 4.72. The van der Waals surface area contributed by atoms with Crippen molar-refractivity contribution in [1.82, 2.24) is 9.80 Å². The Bertz CT molecular complexity index is 454. The van der Waals surface area contributed by atoms with Gasteiger partial charge in [-0.05, 0) is 18.1 Å². The molecule has 0 spiro atoms. The van der Waals surface area contributed by atoms with Crippen LogP contribution in [0, 0.1) is 0 Å². The summed E-state index contributed by atoms with van der Waals surface area (Å²) in [5, 5.41) is 0. The summed E-state index contributed by atoms with van der Waals surface area (Å²) in [7, 11) is 0. The van der Waals surface area contributed by atoms with Crippen molar-refractivity contribution in [3.8, 4) is 0 Å². The highest BCUT2D eigenvalue weighted by Gasteiger charge is 2.19. The normalized spacial score (nSPS) is 15.4. The summed E-state index contributed by atoms with van der Waals surface area (Å²) in [6, 6.07) is 7.62. The average molecular weight is 261 g/mol. The Hall–Kier alpha value is -2.04. The molecule has 5 nitrogen and oxygen atoms in total. The van der Waals surface area contributed by atoms with E-state index in [2.05, 4.69) is 0 Å². The summed E-state index contributed by atoms with van der Waals surface area (Å²) in [6.07, 6.45) is 1.97. The topological polar surface area (TPSA) is 66.6 Å². The van der Waals surface area contributed by atoms with Gasteiger partial charge in [0.05, 0.1) is 0 Å². The Morgan fingerprint density at radius 3 is 2.53 bits per heavy atom. The van der Waals surface area contributed by atoms with Crippen LogP contribution in [0.3, 0.4) is 0 Å². The summed E-state index contributed by atoms with van der Waals surface area (Å²) < 4.78 is 0. The standard InChI is InChI=1S/C14H19N3O2/c15-13-4-2-1-3-12(13)5-6-14(19)17-9-7-16(11-18)8-10-17/h1-4,11H,5-10,15H2. The van der Waals surface area contributed by atoms with Gasteiger partial charge in [-0.25, -0.2) is 0 Å². The van der Waals surface area contributed by atoms with Crippen molar-refractivity contribution in [3.05, 3.63) is 29.8 Å². The number of anilines is 1. The predicted octanol–water partition coefficient (Wildman–Crippen LogP) is 0.502. The Kier molecular flexibility index (Phi) is 4.39. The molecule has 0 saturated carbocycles. The molecule has 1 aliphatic rings. The SMILES string of the molecule is Nc1ccccc1CCC(=O)N1CCN(C=O)CC1. The van der Waals surface area contributed by atoms with Gasteiger partial charge in [-0.3, -0.25) is 9.59 Å². The van der Waals surface area contributed by atoms with E-state index < -0.39 is 0 Å². The third-order valence-electron chi connectivity index (χ3n) is 3.48. The predicted molar refractivity (Wildman–Crippen MR) is 73.4 cm³/mol. The quantitative estimate of drug-likeness (QED) is 0.634. The van der Waals surface area contributed by atoms with E-state index in [4.69, 9.17) is 5.73 Å². The molecular weight excluding hydrogens is 242 g/mol. The summed E-state index contributed by atoms with van der Waals surface area (Å²) in [5.74, 6) is 0.133. The zero-order chi connectivity index (χ0) is 13.7. The lowest BCUT2D eigenvalue weighted by Crippen LogP contribution is -2.48. The molecule has 102 valence electrons. The van der Waals surface area contributed by atoms with Crippen LogP contribution in [0.5, 0.6) is 0 Å². The van der Waals surface area contributed by atoms with E-state index in [-0.39, 0.29) is 5.91 Å². The first-order valence-electron chi connectivity index (χ1n) is 6.51. The van der Waals surface area contributed by atoms with Crippen molar-refractivity contribution in [1.29, 1.82) is 0 Å². The number of amides is 2. The first kappa shape index (κ1) is 13.4.